The van der Waals surface area contributed by atoms with Crippen molar-refractivity contribution in [1.29, 1.82) is 0 Å². The SMILES string of the molecule is O=C(O)CCCc1cccc2c1CCCC2. The third-order valence-corrected chi connectivity index (χ3v) is 3.33. The molecule has 0 heterocycles. The van der Waals surface area contributed by atoms with E-state index in [4.69, 9.17) is 5.11 Å². The van der Waals surface area contributed by atoms with E-state index in [9.17, 15) is 4.79 Å². The fraction of sp³-hybridized carbons (Fsp3) is 0.500. The quantitative estimate of drug-likeness (QED) is 0.843. The highest BCUT2D eigenvalue weighted by Crippen LogP contribution is 2.25. The van der Waals surface area contributed by atoms with Gasteiger partial charge in [0.25, 0.3) is 0 Å². The number of carboxylic acid groups (broad SMARTS) is 1. The number of hydrogen-bond acceptors (Lipinski definition) is 1. The summed E-state index contributed by atoms with van der Waals surface area (Å²) in [5.41, 5.74) is 4.36. The van der Waals surface area contributed by atoms with Gasteiger partial charge in [0, 0.05) is 6.42 Å². The van der Waals surface area contributed by atoms with Crippen LogP contribution in [0, 0.1) is 0 Å². The van der Waals surface area contributed by atoms with E-state index in [-0.39, 0.29) is 6.42 Å². The number of fused-ring (bicyclic) bond motifs is 1. The van der Waals surface area contributed by atoms with Crippen LogP contribution in [-0.4, -0.2) is 11.1 Å². The zero-order valence-corrected chi connectivity index (χ0v) is 9.54. The molecule has 2 rings (SSSR count). The molecule has 1 aromatic carbocycles. The Hall–Kier alpha value is -1.31. The molecule has 1 aliphatic rings. The summed E-state index contributed by atoms with van der Waals surface area (Å²) in [6.45, 7) is 0. The van der Waals surface area contributed by atoms with Crippen LogP contribution < -0.4 is 0 Å². The van der Waals surface area contributed by atoms with Crippen LogP contribution in [-0.2, 0) is 24.1 Å². The molecule has 0 bridgehead atoms. The molecule has 0 unspecified atom stereocenters. The second-order valence-corrected chi connectivity index (χ2v) is 4.51. The van der Waals surface area contributed by atoms with Crippen LogP contribution in [0.2, 0.25) is 0 Å². The van der Waals surface area contributed by atoms with Gasteiger partial charge in [0.2, 0.25) is 0 Å². The van der Waals surface area contributed by atoms with Gasteiger partial charge in [0.15, 0.2) is 0 Å². The van der Waals surface area contributed by atoms with E-state index in [1.807, 2.05) is 0 Å². The zero-order valence-electron chi connectivity index (χ0n) is 9.54. The topological polar surface area (TPSA) is 37.3 Å². The lowest BCUT2D eigenvalue weighted by Crippen LogP contribution is -2.06. The van der Waals surface area contributed by atoms with E-state index in [1.54, 1.807) is 0 Å². The highest BCUT2D eigenvalue weighted by atomic mass is 16.4. The Kier molecular flexibility index (Phi) is 3.60. The standard InChI is InChI=1S/C14H18O2/c15-14(16)10-4-8-12-7-3-6-11-5-1-2-9-13(11)12/h3,6-7H,1-2,4-5,8-10H2,(H,15,16). The van der Waals surface area contributed by atoms with Crippen LogP contribution in [0.4, 0.5) is 0 Å². The molecular formula is C14H18O2. The minimum atomic E-state index is -0.690. The number of aliphatic carboxylic acids is 1. The molecule has 0 radical (unpaired) electrons. The van der Waals surface area contributed by atoms with E-state index in [0.29, 0.717) is 0 Å². The van der Waals surface area contributed by atoms with E-state index < -0.39 is 5.97 Å². The van der Waals surface area contributed by atoms with Crippen LogP contribution in [0.15, 0.2) is 18.2 Å². The van der Waals surface area contributed by atoms with Gasteiger partial charge in [-0.25, -0.2) is 0 Å². The molecule has 1 aromatic rings. The van der Waals surface area contributed by atoms with Crippen LogP contribution >= 0.6 is 0 Å². The first-order chi connectivity index (χ1) is 7.77. The molecule has 2 heteroatoms. The summed E-state index contributed by atoms with van der Waals surface area (Å²) in [6, 6.07) is 6.49. The number of benzene rings is 1. The second-order valence-electron chi connectivity index (χ2n) is 4.51. The van der Waals surface area contributed by atoms with Gasteiger partial charge in [0.1, 0.15) is 0 Å². The molecule has 0 saturated heterocycles. The van der Waals surface area contributed by atoms with Crippen molar-refractivity contribution in [1.82, 2.24) is 0 Å². The van der Waals surface area contributed by atoms with Crippen LogP contribution in [0.5, 0.6) is 0 Å². The van der Waals surface area contributed by atoms with Crippen molar-refractivity contribution in [3.8, 4) is 0 Å². The fourth-order valence-electron chi connectivity index (χ4n) is 2.52. The Morgan fingerprint density at radius 1 is 1.25 bits per heavy atom. The van der Waals surface area contributed by atoms with Crippen molar-refractivity contribution in [2.45, 2.75) is 44.9 Å². The third kappa shape index (κ3) is 2.63. The molecule has 0 spiro atoms. The van der Waals surface area contributed by atoms with Gasteiger partial charge in [-0.1, -0.05) is 18.2 Å². The predicted octanol–water partition coefficient (Wildman–Crippen LogP) is 2.97. The largest absolute Gasteiger partial charge is 0.481 e. The lowest BCUT2D eigenvalue weighted by atomic mass is 9.87. The number of rotatable bonds is 4. The second kappa shape index (κ2) is 5.15. The lowest BCUT2D eigenvalue weighted by molar-refractivity contribution is -0.137. The maximum absolute atomic E-state index is 10.5. The van der Waals surface area contributed by atoms with E-state index in [1.165, 1.54) is 42.4 Å². The van der Waals surface area contributed by atoms with Crippen molar-refractivity contribution < 1.29 is 9.90 Å². The van der Waals surface area contributed by atoms with Gasteiger partial charge >= 0.3 is 5.97 Å². The first-order valence-corrected chi connectivity index (χ1v) is 6.09. The summed E-state index contributed by atoms with van der Waals surface area (Å²) in [6.07, 6.45) is 6.90. The Bertz CT molecular complexity index is 382. The molecular weight excluding hydrogens is 200 g/mol. The maximum Gasteiger partial charge on any atom is 0.303 e. The Morgan fingerprint density at radius 2 is 2.06 bits per heavy atom. The molecule has 0 fully saturated rings. The molecule has 0 amide bonds. The first-order valence-electron chi connectivity index (χ1n) is 6.09. The molecule has 1 N–H and O–H groups in total. The van der Waals surface area contributed by atoms with Crippen molar-refractivity contribution >= 4 is 5.97 Å². The number of aryl methyl sites for hydroxylation is 2. The average molecular weight is 218 g/mol. The highest BCUT2D eigenvalue weighted by molar-refractivity contribution is 5.66. The van der Waals surface area contributed by atoms with Crippen molar-refractivity contribution in [2.75, 3.05) is 0 Å². The fourth-order valence-corrected chi connectivity index (χ4v) is 2.52. The monoisotopic (exact) mass is 218 g/mol. The van der Waals surface area contributed by atoms with E-state index in [0.717, 1.165) is 12.8 Å². The Morgan fingerprint density at radius 3 is 2.88 bits per heavy atom. The van der Waals surface area contributed by atoms with Gasteiger partial charge in [-0.2, -0.15) is 0 Å². The summed E-state index contributed by atoms with van der Waals surface area (Å²) in [7, 11) is 0. The van der Waals surface area contributed by atoms with Gasteiger partial charge in [-0.3, -0.25) is 4.79 Å². The lowest BCUT2D eigenvalue weighted by Gasteiger charge is -2.19. The van der Waals surface area contributed by atoms with Gasteiger partial charge in [0.05, 0.1) is 0 Å². The third-order valence-electron chi connectivity index (χ3n) is 3.33. The number of carbonyl (C=O) groups is 1. The summed E-state index contributed by atoms with van der Waals surface area (Å²) in [5.74, 6) is -0.690. The summed E-state index contributed by atoms with van der Waals surface area (Å²) < 4.78 is 0. The Labute approximate surface area is 96.3 Å². The molecule has 2 nitrogen and oxygen atoms in total. The summed E-state index contributed by atoms with van der Waals surface area (Å²) in [4.78, 5) is 10.5. The van der Waals surface area contributed by atoms with E-state index >= 15 is 0 Å². The van der Waals surface area contributed by atoms with Crippen molar-refractivity contribution in [3.05, 3.63) is 34.9 Å². The molecule has 86 valence electrons. The van der Waals surface area contributed by atoms with Crippen molar-refractivity contribution in [3.63, 3.8) is 0 Å². The van der Waals surface area contributed by atoms with E-state index in [2.05, 4.69) is 18.2 Å². The van der Waals surface area contributed by atoms with Gasteiger partial charge in [-0.15, -0.1) is 0 Å². The normalized spacial score (nSPS) is 14.5. The average Bonchev–Trinajstić information content (AvgIpc) is 2.29. The van der Waals surface area contributed by atoms with Crippen LogP contribution in [0.1, 0.15) is 42.4 Å². The van der Waals surface area contributed by atoms with Crippen LogP contribution in [0.25, 0.3) is 0 Å². The summed E-state index contributed by atoms with van der Waals surface area (Å²) in [5, 5.41) is 8.63. The van der Waals surface area contributed by atoms with Gasteiger partial charge < -0.3 is 5.11 Å². The molecule has 1 aliphatic carbocycles. The highest BCUT2D eigenvalue weighted by Gasteiger charge is 2.12. The van der Waals surface area contributed by atoms with Crippen molar-refractivity contribution in [2.24, 2.45) is 0 Å². The molecule has 0 aliphatic heterocycles. The smallest absolute Gasteiger partial charge is 0.303 e. The number of carboxylic acids is 1. The molecule has 0 aromatic heterocycles. The molecule has 16 heavy (non-hydrogen) atoms. The maximum atomic E-state index is 10.5. The minimum Gasteiger partial charge on any atom is -0.481 e. The number of hydrogen-bond donors (Lipinski definition) is 1. The van der Waals surface area contributed by atoms with Crippen LogP contribution in [0.3, 0.4) is 0 Å². The molecule has 0 atom stereocenters. The molecule has 0 saturated carbocycles. The minimum absolute atomic E-state index is 0.281. The first kappa shape index (κ1) is 11.2. The summed E-state index contributed by atoms with van der Waals surface area (Å²) >= 11 is 0. The van der Waals surface area contributed by atoms with Gasteiger partial charge in [-0.05, 0) is 55.2 Å². The predicted molar refractivity (Wildman–Crippen MR) is 63.7 cm³/mol. The zero-order chi connectivity index (χ0) is 11.4. The Balaban J connectivity index is 2.05.